The highest BCUT2D eigenvalue weighted by atomic mass is 16.4. The SMILES string of the molecule is Nc1nc(=O)c2cc3ccccc3cc2o1. The highest BCUT2D eigenvalue weighted by Crippen LogP contribution is 2.20. The maximum Gasteiger partial charge on any atom is 0.295 e. The molecule has 1 aromatic heterocycles. The normalized spacial score (nSPS) is 11.0. The fraction of sp³-hybridized carbons (Fsp3) is 0. The highest BCUT2D eigenvalue weighted by molar-refractivity contribution is 5.95. The number of fused-ring (bicyclic) bond motifs is 2. The number of nitrogen functional groups attached to an aromatic ring is 1. The number of hydrogen-bond donors (Lipinski definition) is 1. The predicted octanol–water partition coefficient (Wildman–Crippen LogP) is 1.92. The molecule has 2 aromatic carbocycles. The Morgan fingerprint density at radius 1 is 1.12 bits per heavy atom. The number of anilines is 1. The first kappa shape index (κ1) is 8.91. The van der Waals surface area contributed by atoms with Crippen molar-refractivity contribution in [2.24, 2.45) is 0 Å². The second-order valence-corrected chi connectivity index (χ2v) is 3.55. The van der Waals surface area contributed by atoms with E-state index in [4.69, 9.17) is 10.2 Å². The van der Waals surface area contributed by atoms with Gasteiger partial charge in [0.25, 0.3) is 11.6 Å². The lowest BCUT2D eigenvalue weighted by atomic mass is 10.1. The minimum Gasteiger partial charge on any atom is -0.425 e. The molecule has 16 heavy (non-hydrogen) atoms. The zero-order valence-electron chi connectivity index (χ0n) is 8.31. The maximum absolute atomic E-state index is 11.6. The molecule has 0 atom stereocenters. The Balaban J connectivity index is 2.56. The third kappa shape index (κ3) is 1.24. The van der Waals surface area contributed by atoms with E-state index in [1.807, 2.05) is 24.3 Å². The second kappa shape index (κ2) is 3.06. The van der Waals surface area contributed by atoms with Crippen LogP contribution in [-0.4, -0.2) is 4.98 Å². The van der Waals surface area contributed by atoms with Gasteiger partial charge in [-0.15, -0.1) is 0 Å². The predicted molar refractivity (Wildman–Crippen MR) is 62.2 cm³/mol. The Morgan fingerprint density at radius 2 is 1.81 bits per heavy atom. The molecule has 78 valence electrons. The van der Waals surface area contributed by atoms with Gasteiger partial charge in [0.05, 0.1) is 5.39 Å². The Bertz CT molecular complexity index is 747. The summed E-state index contributed by atoms with van der Waals surface area (Å²) in [5.41, 5.74) is 5.50. The van der Waals surface area contributed by atoms with Crippen LogP contribution in [0.15, 0.2) is 45.6 Å². The number of benzene rings is 2. The molecule has 1 heterocycles. The molecular formula is C12H8N2O2. The van der Waals surface area contributed by atoms with Crippen molar-refractivity contribution < 1.29 is 4.42 Å². The van der Waals surface area contributed by atoms with Gasteiger partial charge in [-0.25, -0.2) is 0 Å². The number of rotatable bonds is 0. The standard InChI is InChI=1S/C12H8N2O2/c13-12-14-11(15)9-5-7-3-1-2-4-8(7)6-10(9)16-12/h1-6H,(H2,13,14,15). The van der Waals surface area contributed by atoms with Crippen molar-refractivity contribution in [3.63, 3.8) is 0 Å². The van der Waals surface area contributed by atoms with E-state index in [9.17, 15) is 4.79 Å². The number of aromatic nitrogens is 1. The maximum atomic E-state index is 11.6. The molecule has 4 nitrogen and oxygen atoms in total. The first-order valence-electron chi connectivity index (χ1n) is 4.83. The average Bonchev–Trinajstić information content (AvgIpc) is 2.27. The molecule has 0 radical (unpaired) electrons. The summed E-state index contributed by atoms with van der Waals surface area (Å²) >= 11 is 0. The molecule has 0 bridgehead atoms. The van der Waals surface area contributed by atoms with E-state index in [1.54, 1.807) is 12.1 Å². The molecule has 0 aliphatic carbocycles. The zero-order chi connectivity index (χ0) is 11.1. The largest absolute Gasteiger partial charge is 0.425 e. The van der Waals surface area contributed by atoms with Crippen molar-refractivity contribution in [2.45, 2.75) is 0 Å². The Kier molecular flexibility index (Phi) is 1.71. The van der Waals surface area contributed by atoms with Crippen LogP contribution in [0.2, 0.25) is 0 Å². The molecule has 3 aromatic rings. The quantitative estimate of drug-likeness (QED) is 0.578. The third-order valence-electron chi connectivity index (χ3n) is 2.50. The summed E-state index contributed by atoms with van der Waals surface area (Å²) in [7, 11) is 0. The molecule has 0 unspecified atom stereocenters. The van der Waals surface area contributed by atoms with Gasteiger partial charge in [0.2, 0.25) is 0 Å². The molecule has 0 spiro atoms. The van der Waals surface area contributed by atoms with Gasteiger partial charge in [-0.1, -0.05) is 24.3 Å². The number of nitrogens with two attached hydrogens (primary N) is 1. The summed E-state index contributed by atoms with van der Waals surface area (Å²) in [6.45, 7) is 0. The smallest absolute Gasteiger partial charge is 0.295 e. The van der Waals surface area contributed by atoms with E-state index in [0.29, 0.717) is 11.0 Å². The van der Waals surface area contributed by atoms with E-state index in [2.05, 4.69) is 4.98 Å². The average molecular weight is 212 g/mol. The van der Waals surface area contributed by atoms with Crippen LogP contribution in [0.1, 0.15) is 0 Å². The van der Waals surface area contributed by atoms with Gasteiger partial charge in [0.15, 0.2) is 0 Å². The number of hydrogen-bond acceptors (Lipinski definition) is 4. The first-order valence-corrected chi connectivity index (χ1v) is 4.83. The van der Waals surface area contributed by atoms with Crippen molar-refractivity contribution in [1.29, 1.82) is 0 Å². The lowest BCUT2D eigenvalue weighted by Crippen LogP contribution is -2.08. The van der Waals surface area contributed by atoms with E-state index in [0.717, 1.165) is 10.8 Å². The summed E-state index contributed by atoms with van der Waals surface area (Å²) in [5.74, 6) is 0. The van der Waals surface area contributed by atoms with Gasteiger partial charge in [-0.3, -0.25) is 4.79 Å². The van der Waals surface area contributed by atoms with E-state index in [1.165, 1.54) is 0 Å². The van der Waals surface area contributed by atoms with Crippen molar-refractivity contribution in [3.05, 3.63) is 46.8 Å². The Labute approximate surface area is 90.3 Å². The van der Waals surface area contributed by atoms with Gasteiger partial charge in [-0.2, -0.15) is 4.98 Å². The second-order valence-electron chi connectivity index (χ2n) is 3.55. The van der Waals surface area contributed by atoms with Gasteiger partial charge in [-0.05, 0) is 22.9 Å². The molecule has 3 rings (SSSR count). The molecule has 0 aliphatic rings. The van der Waals surface area contributed by atoms with Crippen molar-refractivity contribution >= 4 is 27.8 Å². The van der Waals surface area contributed by atoms with Crippen molar-refractivity contribution in [1.82, 2.24) is 4.98 Å². The summed E-state index contributed by atoms with van der Waals surface area (Å²) in [4.78, 5) is 15.2. The fourth-order valence-electron chi connectivity index (χ4n) is 1.77. The van der Waals surface area contributed by atoms with Crippen LogP contribution in [0.5, 0.6) is 0 Å². The molecule has 0 amide bonds. The lowest BCUT2D eigenvalue weighted by molar-refractivity contribution is 0.602. The zero-order valence-corrected chi connectivity index (χ0v) is 8.31. The summed E-state index contributed by atoms with van der Waals surface area (Å²) in [6, 6.07) is 11.2. The molecule has 2 N–H and O–H groups in total. The summed E-state index contributed by atoms with van der Waals surface area (Å²) in [5, 5.41) is 2.44. The van der Waals surface area contributed by atoms with Crippen LogP contribution < -0.4 is 11.3 Å². The first-order chi connectivity index (χ1) is 7.74. The minimum atomic E-state index is -0.357. The van der Waals surface area contributed by atoms with E-state index < -0.39 is 0 Å². The molecular weight excluding hydrogens is 204 g/mol. The third-order valence-corrected chi connectivity index (χ3v) is 2.50. The monoisotopic (exact) mass is 212 g/mol. The van der Waals surface area contributed by atoms with Crippen LogP contribution in [0.4, 0.5) is 6.01 Å². The van der Waals surface area contributed by atoms with E-state index >= 15 is 0 Å². The van der Waals surface area contributed by atoms with Crippen LogP contribution in [0.3, 0.4) is 0 Å². The Hall–Kier alpha value is -2.36. The van der Waals surface area contributed by atoms with Gasteiger partial charge >= 0.3 is 0 Å². The molecule has 0 aliphatic heterocycles. The molecule has 0 saturated heterocycles. The van der Waals surface area contributed by atoms with Crippen molar-refractivity contribution in [2.75, 3.05) is 5.73 Å². The Morgan fingerprint density at radius 3 is 2.56 bits per heavy atom. The van der Waals surface area contributed by atoms with Gasteiger partial charge < -0.3 is 10.2 Å². The van der Waals surface area contributed by atoms with Crippen molar-refractivity contribution in [3.8, 4) is 0 Å². The highest BCUT2D eigenvalue weighted by Gasteiger charge is 2.05. The molecule has 4 heteroatoms. The number of nitrogens with zero attached hydrogens (tertiary/aromatic N) is 1. The van der Waals surface area contributed by atoms with Crippen LogP contribution in [0.25, 0.3) is 21.7 Å². The van der Waals surface area contributed by atoms with Gasteiger partial charge in [0.1, 0.15) is 5.58 Å². The fourth-order valence-corrected chi connectivity index (χ4v) is 1.77. The molecule has 0 fully saturated rings. The van der Waals surface area contributed by atoms with Crippen LogP contribution in [0, 0.1) is 0 Å². The van der Waals surface area contributed by atoms with E-state index in [-0.39, 0.29) is 11.6 Å². The lowest BCUT2D eigenvalue weighted by Gasteiger charge is -2.00. The topological polar surface area (TPSA) is 69.1 Å². The van der Waals surface area contributed by atoms with Crippen LogP contribution >= 0.6 is 0 Å². The molecule has 0 saturated carbocycles. The summed E-state index contributed by atoms with van der Waals surface area (Å²) < 4.78 is 5.22. The minimum absolute atomic E-state index is 0.104. The summed E-state index contributed by atoms with van der Waals surface area (Å²) in [6.07, 6.45) is 0. The van der Waals surface area contributed by atoms with Gasteiger partial charge in [0, 0.05) is 0 Å². The van der Waals surface area contributed by atoms with Crippen LogP contribution in [-0.2, 0) is 0 Å².